The third kappa shape index (κ3) is 3.33. The van der Waals surface area contributed by atoms with Crippen molar-refractivity contribution in [1.29, 1.82) is 0 Å². The molecule has 0 spiro atoms. The normalized spacial score (nSPS) is 16.4. The van der Waals surface area contributed by atoms with Crippen LogP contribution in [0.25, 0.3) is 0 Å². The van der Waals surface area contributed by atoms with Crippen LogP contribution in [-0.4, -0.2) is 61.4 Å². The maximum Gasteiger partial charge on any atom is 0.264 e. The molecule has 1 aromatic rings. The molecule has 1 fully saturated rings. The van der Waals surface area contributed by atoms with Crippen molar-refractivity contribution in [2.45, 2.75) is 6.92 Å². The molecule has 0 saturated carbocycles. The van der Waals surface area contributed by atoms with Crippen LogP contribution in [0.4, 0.5) is 0 Å². The SMILES string of the molecule is CNC(=O)CN1CCN(C(=O)c2sccc2C)CC1. The zero-order chi connectivity index (χ0) is 13.8. The predicted octanol–water partition coefficient (Wildman–Crippen LogP) is 0.560. The van der Waals surface area contributed by atoms with E-state index in [1.54, 1.807) is 7.05 Å². The molecule has 2 rings (SSSR count). The Morgan fingerprint density at radius 2 is 2.00 bits per heavy atom. The molecule has 19 heavy (non-hydrogen) atoms. The van der Waals surface area contributed by atoms with Crippen LogP contribution < -0.4 is 5.32 Å². The first kappa shape index (κ1) is 14.0. The highest BCUT2D eigenvalue weighted by molar-refractivity contribution is 7.12. The number of rotatable bonds is 3. The van der Waals surface area contributed by atoms with E-state index < -0.39 is 0 Å². The van der Waals surface area contributed by atoms with Gasteiger partial charge in [-0.1, -0.05) is 0 Å². The van der Waals surface area contributed by atoms with Gasteiger partial charge in [0.05, 0.1) is 11.4 Å². The summed E-state index contributed by atoms with van der Waals surface area (Å²) >= 11 is 1.50. The number of thiophene rings is 1. The molecule has 1 aliphatic rings. The molecular weight excluding hydrogens is 262 g/mol. The van der Waals surface area contributed by atoms with Gasteiger partial charge >= 0.3 is 0 Å². The van der Waals surface area contributed by atoms with E-state index in [4.69, 9.17) is 0 Å². The molecule has 1 aromatic heterocycles. The van der Waals surface area contributed by atoms with Gasteiger partial charge < -0.3 is 10.2 Å². The van der Waals surface area contributed by atoms with Gasteiger partial charge in [-0.25, -0.2) is 0 Å². The molecule has 0 unspecified atom stereocenters. The monoisotopic (exact) mass is 281 g/mol. The van der Waals surface area contributed by atoms with E-state index in [9.17, 15) is 9.59 Å². The molecule has 5 nitrogen and oxygen atoms in total. The van der Waals surface area contributed by atoms with Crippen molar-refractivity contribution in [3.63, 3.8) is 0 Å². The van der Waals surface area contributed by atoms with Gasteiger partial charge in [0, 0.05) is 33.2 Å². The zero-order valence-corrected chi connectivity index (χ0v) is 12.1. The Bertz CT molecular complexity index is 464. The maximum atomic E-state index is 12.3. The lowest BCUT2D eigenvalue weighted by Gasteiger charge is -2.34. The summed E-state index contributed by atoms with van der Waals surface area (Å²) in [4.78, 5) is 28.4. The number of hydrogen-bond acceptors (Lipinski definition) is 4. The Hall–Kier alpha value is -1.40. The summed E-state index contributed by atoms with van der Waals surface area (Å²) in [5, 5.41) is 4.57. The highest BCUT2D eigenvalue weighted by atomic mass is 32.1. The van der Waals surface area contributed by atoms with Gasteiger partial charge in [0.25, 0.3) is 5.91 Å². The maximum absolute atomic E-state index is 12.3. The summed E-state index contributed by atoms with van der Waals surface area (Å²) < 4.78 is 0. The molecule has 1 N–H and O–H groups in total. The van der Waals surface area contributed by atoms with E-state index in [-0.39, 0.29) is 11.8 Å². The van der Waals surface area contributed by atoms with Gasteiger partial charge in [0.2, 0.25) is 5.91 Å². The fraction of sp³-hybridized carbons (Fsp3) is 0.538. The lowest BCUT2D eigenvalue weighted by molar-refractivity contribution is -0.122. The first-order valence-corrected chi connectivity index (χ1v) is 7.26. The number of carbonyl (C=O) groups excluding carboxylic acids is 2. The van der Waals surface area contributed by atoms with Crippen molar-refractivity contribution in [1.82, 2.24) is 15.1 Å². The predicted molar refractivity (Wildman–Crippen MR) is 75.5 cm³/mol. The van der Waals surface area contributed by atoms with Crippen LogP contribution in [0.3, 0.4) is 0 Å². The highest BCUT2D eigenvalue weighted by Gasteiger charge is 2.24. The molecule has 6 heteroatoms. The van der Waals surface area contributed by atoms with E-state index in [1.807, 2.05) is 23.3 Å². The average Bonchev–Trinajstić information content (AvgIpc) is 2.85. The largest absolute Gasteiger partial charge is 0.358 e. The smallest absolute Gasteiger partial charge is 0.264 e. The second-order valence-electron chi connectivity index (χ2n) is 4.67. The standard InChI is InChI=1S/C13H19N3O2S/c1-10-3-8-19-12(10)13(18)16-6-4-15(5-7-16)9-11(17)14-2/h3,8H,4-7,9H2,1-2H3,(H,14,17). The molecule has 0 radical (unpaired) electrons. The average molecular weight is 281 g/mol. The summed E-state index contributed by atoms with van der Waals surface area (Å²) in [5.74, 6) is 0.140. The van der Waals surface area contributed by atoms with E-state index in [0.29, 0.717) is 19.6 Å². The van der Waals surface area contributed by atoms with Gasteiger partial charge in [-0.3, -0.25) is 14.5 Å². The van der Waals surface area contributed by atoms with Gasteiger partial charge in [0.1, 0.15) is 0 Å². The third-order valence-electron chi connectivity index (χ3n) is 3.36. The lowest BCUT2D eigenvalue weighted by atomic mass is 10.2. The number of aryl methyl sites for hydroxylation is 1. The topological polar surface area (TPSA) is 52.7 Å². The van der Waals surface area contributed by atoms with E-state index in [1.165, 1.54) is 11.3 Å². The van der Waals surface area contributed by atoms with Crippen molar-refractivity contribution in [3.05, 3.63) is 21.9 Å². The number of amides is 2. The van der Waals surface area contributed by atoms with Crippen molar-refractivity contribution < 1.29 is 9.59 Å². The van der Waals surface area contributed by atoms with Crippen molar-refractivity contribution in [2.24, 2.45) is 0 Å². The first-order valence-electron chi connectivity index (χ1n) is 6.38. The van der Waals surface area contributed by atoms with Crippen molar-refractivity contribution in [2.75, 3.05) is 39.8 Å². The Balaban J connectivity index is 1.88. The fourth-order valence-electron chi connectivity index (χ4n) is 2.13. The van der Waals surface area contributed by atoms with Crippen LogP contribution in [0.1, 0.15) is 15.2 Å². The molecule has 0 atom stereocenters. The molecule has 0 aromatic carbocycles. The summed E-state index contributed by atoms with van der Waals surface area (Å²) in [6, 6.07) is 1.97. The van der Waals surface area contributed by atoms with Gasteiger partial charge in [-0.15, -0.1) is 11.3 Å². The van der Waals surface area contributed by atoms with Crippen molar-refractivity contribution >= 4 is 23.2 Å². The second-order valence-corrected chi connectivity index (χ2v) is 5.59. The van der Waals surface area contributed by atoms with E-state index in [2.05, 4.69) is 10.2 Å². The minimum absolute atomic E-state index is 0.0221. The molecule has 104 valence electrons. The Labute approximate surface area is 117 Å². The Morgan fingerprint density at radius 3 is 2.53 bits per heavy atom. The van der Waals surface area contributed by atoms with Gasteiger partial charge in [-0.2, -0.15) is 0 Å². The number of hydrogen-bond donors (Lipinski definition) is 1. The molecule has 2 amide bonds. The van der Waals surface area contributed by atoms with Crippen molar-refractivity contribution in [3.8, 4) is 0 Å². The van der Waals surface area contributed by atoms with Crippen LogP contribution in [0.5, 0.6) is 0 Å². The lowest BCUT2D eigenvalue weighted by Crippen LogP contribution is -2.50. The fourth-order valence-corrected chi connectivity index (χ4v) is 3.02. The second kappa shape index (κ2) is 6.16. The quantitative estimate of drug-likeness (QED) is 0.881. The molecule has 0 bridgehead atoms. The van der Waals surface area contributed by atoms with Crippen LogP contribution in [-0.2, 0) is 4.79 Å². The summed E-state index contributed by atoms with van der Waals surface area (Å²) in [5.41, 5.74) is 1.04. The number of nitrogens with one attached hydrogen (secondary N) is 1. The summed E-state index contributed by atoms with van der Waals surface area (Å²) in [6.07, 6.45) is 0. The van der Waals surface area contributed by atoms with Crippen LogP contribution in [0.15, 0.2) is 11.4 Å². The van der Waals surface area contributed by atoms with E-state index in [0.717, 1.165) is 23.5 Å². The minimum Gasteiger partial charge on any atom is -0.358 e. The van der Waals surface area contributed by atoms with Crippen LogP contribution in [0, 0.1) is 6.92 Å². The summed E-state index contributed by atoms with van der Waals surface area (Å²) in [6.45, 7) is 5.26. The van der Waals surface area contributed by atoms with Gasteiger partial charge in [0.15, 0.2) is 0 Å². The zero-order valence-electron chi connectivity index (χ0n) is 11.3. The van der Waals surface area contributed by atoms with Gasteiger partial charge in [-0.05, 0) is 23.9 Å². The van der Waals surface area contributed by atoms with Crippen LogP contribution >= 0.6 is 11.3 Å². The highest BCUT2D eigenvalue weighted by Crippen LogP contribution is 2.18. The number of nitrogens with zero attached hydrogens (tertiary/aromatic N) is 2. The minimum atomic E-state index is 0.0221. The Morgan fingerprint density at radius 1 is 1.32 bits per heavy atom. The molecule has 1 aliphatic heterocycles. The number of carbonyl (C=O) groups is 2. The molecule has 0 aliphatic carbocycles. The third-order valence-corrected chi connectivity index (χ3v) is 4.37. The number of piperazine rings is 1. The van der Waals surface area contributed by atoms with E-state index >= 15 is 0 Å². The molecule has 2 heterocycles. The first-order chi connectivity index (χ1) is 9.11. The van der Waals surface area contributed by atoms with Crippen LogP contribution in [0.2, 0.25) is 0 Å². The summed E-state index contributed by atoms with van der Waals surface area (Å²) in [7, 11) is 1.64. The Kier molecular flexibility index (Phi) is 4.55. The molecular formula is C13H19N3O2S. The number of likely N-dealkylation sites (N-methyl/N-ethyl adjacent to an activating group) is 1. The molecule has 1 saturated heterocycles.